The zero-order valence-corrected chi connectivity index (χ0v) is 13.3. The highest BCUT2D eigenvalue weighted by atomic mass is 32.2. The highest BCUT2D eigenvalue weighted by Crippen LogP contribution is 2.32. The number of hydrogen-bond acceptors (Lipinski definition) is 6. The van der Waals surface area contributed by atoms with Gasteiger partial charge in [-0.15, -0.1) is 0 Å². The summed E-state index contributed by atoms with van der Waals surface area (Å²) in [7, 11) is 2.08. The molecule has 2 saturated heterocycles. The first-order chi connectivity index (χ1) is 10.6. The molecule has 1 aromatic rings. The fourth-order valence-electron chi connectivity index (χ4n) is 2.42. The van der Waals surface area contributed by atoms with Crippen LogP contribution < -0.4 is 0 Å². The molecule has 0 radical (unpaired) electrons. The van der Waals surface area contributed by atoms with Crippen LogP contribution in [0.25, 0.3) is 6.08 Å². The van der Waals surface area contributed by atoms with Crippen LogP contribution in [0.4, 0.5) is 4.79 Å². The van der Waals surface area contributed by atoms with Gasteiger partial charge in [-0.05, 0) is 42.6 Å². The van der Waals surface area contributed by atoms with Gasteiger partial charge in [0.2, 0.25) is 0 Å². The van der Waals surface area contributed by atoms with E-state index in [9.17, 15) is 9.59 Å². The summed E-state index contributed by atoms with van der Waals surface area (Å²) in [6.45, 7) is 4.06. The van der Waals surface area contributed by atoms with Gasteiger partial charge in [0.1, 0.15) is 0 Å². The topological polar surface area (TPSA) is 56.8 Å². The zero-order chi connectivity index (χ0) is 15.5. The van der Waals surface area contributed by atoms with Crippen molar-refractivity contribution in [1.29, 1.82) is 0 Å². The summed E-state index contributed by atoms with van der Waals surface area (Å²) in [6.07, 6.45) is 5.08. The second kappa shape index (κ2) is 6.60. The lowest BCUT2D eigenvalue weighted by molar-refractivity contribution is -0.124. The molecule has 3 rings (SSSR count). The van der Waals surface area contributed by atoms with Crippen LogP contribution in [-0.2, 0) is 4.79 Å². The van der Waals surface area contributed by atoms with Gasteiger partial charge in [0.05, 0.1) is 11.6 Å². The average Bonchev–Trinajstić information content (AvgIpc) is 2.78. The van der Waals surface area contributed by atoms with Crippen molar-refractivity contribution in [2.45, 2.75) is 0 Å². The number of hydrogen-bond donors (Lipinski definition) is 0. The number of piperazine rings is 1. The summed E-state index contributed by atoms with van der Waals surface area (Å²) in [5.41, 5.74) is 0.875. The highest BCUT2D eigenvalue weighted by Gasteiger charge is 2.36. The molecule has 0 bridgehead atoms. The van der Waals surface area contributed by atoms with E-state index >= 15 is 0 Å². The van der Waals surface area contributed by atoms with Crippen LogP contribution in [0.1, 0.15) is 5.56 Å². The van der Waals surface area contributed by atoms with Crippen LogP contribution in [0.3, 0.4) is 0 Å². The van der Waals surface area contributed by atoms with E-state index in [-0.39, 0.29) is 11.1 Å². The van der Waals surface area contributed by atoms with Gasteiger partial charge in [-0.3, -0.25) is 24.4 Å². The number of nitrogens with zero attached hydrogens (tertiary/aromatic N) is 4. The lowest BCUT2D eigenvalue weighted by Crippen LogP contribution is -2.49. The monoisotopic (exact) mass is 318 g/mol. The molecule has 22 heavy (non-hydrogen) atoms. The van der Waals surface area contributed by atoms with Crippen molar-refractivity contribution < 1.29 is 9.59 Å². The van der Waals surface area contributed by atoms with Crippen molar-refractivity contribution in [2.24, 2.45) is 0 Å². The average molecular weight is 318 g/mol. The molecule has 2 amide bonds. The summed E-state index contributed by atoms with van der Waals surface area (Å²) in [6, 6.07) is 3.63. The molecule has 116 valence electrons. The summed E-state index contributed by atoms with van der Waals surface area (Å²) in [5, 5.41) is -0.191. The molecular weight excluding hydrogens is 300 g/mol. The number of thioether (sulfide) groups is 1. The van der Waals surface area contributed by atoms with Crippen molar-refractivity contribution >= 4 is 29.0 Å². The number of rotatable bonds is 3. The fourth-order valence-corrected chi connectivity index (χ4v) is 3.25. The molecule has 7 heteroatoms. The summed E-state index contributed by atoms with van der Waals surface area (Å²) < 4.78 is 0. The standard InChI is InChI=1S/C15H18N4O2S/c1-17-6-8-18(9-7-17)11-19-14(20)13(22-15(19)21)10-12-2-4-16-5-3-12/h2-5,10H,6-9,11H2,1H3/b13-10+. The number of pyridine rings is 1. The minimum atomic E-state index is -0.203. The minimum absolute atomic E-state index is 0.191. The molecule has 0 aromatic carbocycles. The first-order valence-electron chi connectivity index (χ1n) is 7.20. The van der Waals surface area contributed by atoms with Gasteiger partial charge in [-0.1, -0.05) is 0 Å². The van der Waals surface area contributed by atoms with E-state index < -0.39 is 0 Å². The number of aromatic nitrogens is 1. The molecule has 6 nitrogen and oxygen atoms in total. The van der Waals surface area contributed by atoms with E-state index in [2.05, 4.69) is 21.8 Å². The van der Waals surface area contributed by atoms with Gasteiger partial charge in [0, 0.05) is 38.6 Å². The molecule has 0 atom stereocenters. The Labute approximate surface area is 133 Å². The second-order valence-electron chi connectivity index (χ2n) is 5.45. The minimum Gasteiger partial charge on any atom is -0.304 e. The van der Waals surface area contributed by atoms with Gasteiger partial charge < -0.3 is 4.90 Å². The third kappa shape index (κ3) is 3.37. The Morgan fingerprint density at radius 1 is 1.18 bits per heavy atom. The van der Waals surface area contributed by atoms with Crippen molar-refractivity contribution in [3.05, 3.63) is 35.0 Å². The van der Waals surface area contributed by atoms with E-state index in [0.29, 0.717) is 11.6 Å². The molecule has 0 saturated carbocycles. The summed E-state index contributed by atoms with van der Waals surface area (Å²) in [4.78, 5) is 34.7. The quantitative estimate of drug-likeness (QED) is 0.784. The third-order valence-corrected chi connectivity index (χ3v) is 4.72. The van der Waals surface area contributed by atoms with E-state index in [1.165, 1.54) is 4.90 Å². The van der Waals surface area contributed by atoms with Gasteiger partial charge in [-0.2, -0.15) is 0 Å². The van der Waals surface area contributed by atoms with Crippen molar-refractivity contribution in [2.75, 3.05) is 39.9 Å². The van der Waals surface area contributed by atoms with Crippen LogP contribution in [0.2, 0.25) is 0 Å². The zero-order valence-electron chi connectivity index (χ0n) is 12.4. The second-order valence-corrected chi connectivity index (χ2v) is 6.45. The molecule has 0 unspecified atom stereocenters. The summed E-state index contributed by atoms with van der Waals surface area (Å²) >= 11 is 1.01. The van der Waals surface area contributed by atoms with E-state index in [4.69, 9.17) is 0 Å². The Morgan fingerprint density at radius 3 is 2.55 bits per heavy atom. The van der Waals surface area contributed by atoms with Gasteiger partial charge in [0.15, 0.2) is 0 Å². The lowest BCUT2D eigenvalue weighted by Gasteiger charge is -2.33. The molecule has 2 aliphatic heterocycles. The number of carbonyl (C=O) groups excluding carboxylic acids is 2. The van der Waals surface area contributed by atoms with Crippen LogP contribution >= 0.6 is 11.8 Å². The number of amides is 2. The van der Waals surface area contributed by atoms with Crippen LogP contribution in [-0.4, -0.2) is 70.7 Å². The first-order valence-corrected chi connectivity index (χ1v) is 8.01. The molecule has 2 aliphatic rings. The Balaban J connectivity index is 1.68. The maximum Gasteiger partial charge on any atom is 0.294 e. The molecule has 0 aliphatic carbocycles. The van der Waals surface area contributed by atoms with Crippen LogP contribution in [0, 0.1) is 0 Å². The Morgan fingerprint density at radius 2 is 1.86 bits per heavy atom. The van der Waals surface area contributed by atoms with E-state index in [1.54, 1.807) is 18.5 Å². The maximum atomic E-state index is 12.4. The predicted octanol–water partition coefficient (Wildman–Crippen LogP) is 1.32. The molecular formula is C15H18N4O2S. The lowest BCUT2D eigenvalue weighted by atomic mass is 10.2. The Bertz CT molecular complexity index is 597. The normalized spacial score (nSPS) is 22.8. The largest absolute Gasteiger partial charge is 0.304 e. The van der Waals surface area contributed by atoms with Crippen molar-refractivity contribution in [3.8, 4) is 0 Å². The van der Waals surface area contributed by atoms with E-state index in [0.717, 1.165) is 43.5 Å². The van der Waals surface area contributed by atoms with Crippen LogP contribution in [0.5, 0.6) is 0 Å². The number of carbonyl (C=O) groups is 2. The van der Waals surface area contributed by atoms with E-state index in [1.807, 2.05) is 12.1 Å². The van der Waals surface area contributed by atoms with Gasteiger partial charge in [-0.25, -0.2) is 0 Å². The maximum absolute atomic E-state index is 12.4. The molecule has 1 aromatic heterocycles. The number of likely N-dealkylation sites (N-methyl/N-ethyl adjacent to an activating group) is 1. The predicted molar refractivity (Wildman–Crippen MR) is 86.0 cm³/mol. The van der Waals surface area contributed by atoms with Crippen molar-refractivity contribution in [3.63, 3.8) is 0 Å². The Kier molecular flexibility index (Phi) is 4.56. The SMILES string of the molecule is CN1CCN(CN2C(=O)S/C(=C/c3ccncc3)C2=O)CC1. The van der Waals surface area contributed by atoms with Crippen LogP contribution in [0.15, 0.2) is 29.4 Å². The van der Waals surface area contributed by atoms with Gasteiger partial charge >= 0.3 is 0 Å². The molecule has 2 fully saturated rings. The fraction of sp³-hybridized carbons (Fsp3) is 0.400. The molecule has 0 N–H and O–H groups in total. The third-order valence-electron chi connectivity index (χ3n) is 3.81. The molecule has 3 heterocycles. The molecule has 0 spiro atoms. The smallest absolute Gasteiger partial charge is 0.294 e. The highest BCUT2D eigenvalue weighted by molar-refractivity contribution is 8.18. The first kappa shape index (κ1) is 15.2. The number of imide groups is 1. The van der Waals surface area contributed by atoms with Gasteiger partial charge in [0.25, 0.3) is 11.1 Å². The Hall–Kier alpha value is -1.70. The summed E-state index contributed by atoms with van der Waals surface area (Å²) in [5.74, 6) is -0.203. The van der Waals surface area contributed by atoms with Crippen molar-refractivity contribution in [1.82, 2.24) is 19.7 Å².